The van der Waals surface area contributed by atoms with E-state index in [2.05, 4.69) is 20.7 Å². The van der Waals surface area contributed by atoms with E-state index in [4.69, 9.17) is 0 Å². The fraction of sp³-hybridized carbons (Fsp3) is 0.385. The average molecular weight is 301 g/mol. The maximum atomic E-state index is 12.4. The second-order valence-corrected chi connectivity index (χ2v) is 6.95. The van der Waals surface area contributed by atoms with E-state index in [0.717, 1.165) is 4.90 Å². The number of nitrogens with zero attached hydrogens (tertiary/aromatic N) is 2. The maximum Gasteiger partial charge on any atom is 0.471 e. The normalized spacial score (nSPS) is 12.7. The topological polar surface area (TPSA) is 38.9 Å². The van der Waals surface area contributed by atoms with Crippen molar-refractivity contribution in [1.82, 2.24) is 10.1 Å². The Labute approximate surface area is 118 Å². The van der Waals surface area contributed by atoms with Crippen molar-refractivity contribution >= 4 is 11.8 Å². The number of hydrogen-bond donors (Lipinski definition) is 0. The molecular formula is C13H12F3N2OS. The highest BCUT2D eigenvalue weighted by atomic mass is 32.2. The number of halogens is 3. The van der Waals surface area contributed by atoms with Gasteiger partial charge in [0.2, 0.25) is 5.82 Å². The Bertz CT molecular complexity index is 602. The minimum absolute atomic E-state index is 0.0243. The van der Waals surface area contributed by atoms with Crippen molar-refractivity contribution in [3.8, 4) is 11.4 Å². The molecule has 20 heavy (non-hydrogen) atoms. The van der Waals surface area contributed by atoms with Crippen LogP contribution < -0.4 is 0 Å². The molecule has 1 aromatic heterocycles. The van der Waals surface area contributed by atoms with Gasteiger partial charge < -0.3 is 4.52 Å². The quantitative estimate of drug-likeness (QED) is 0.768. The first-order valence-corrected chi connectivity index (χ1v) is 6.59. The maximum absolute atomic E-state index is 12.4. The van der Waals surface area contributed by atoms with E-state index in [-0.39, 0.29) is 10.6 Å². The summed E-state index contributed by atoms with van der Waals surface area (Å²) in [5.41, 5.74) is 0.467. The van der Waals surface area contributed by atoms with E-state index < -0.39 is 12.1 Å². The molecule has 0 N–H and O–H groups in total. The summed E-state index contributed by atoms with van der Waals surface area (Å²) >= 11 is 1.56. The molecule has 7 heteroatoms. The van der Waals surface area contributed by atoms with E-state index in [9.17, 15) is 13.2 Å². The largest absolute Gasteiger partial charge is 0.471 e. The van der Waals surface area contributed by atoms with Crippen LogP contribution in [0.3, 0.4) is 0 Å². The molecule has 0 aliphatic carbocycles. The molecule has 0 saturated heterocycles. The predicted molar refractivity (Wildman–Crippen MR) is 69.2 cm³/mol. The first-order chi connectivity index (χ1) is 9.15. The van der Waals surface area contributed by atoms with Gasteiger partial charge in [0.25, 0.3) is 0 Å². The van der Waals surface area contributed by atoms with Crippen LogP contribution in [0, 0.1) is 6.07 Å². The van der Waals surface area contributed by atoms with Crippen LogP contribution in [0.15, 0.2) is 27.6 Å². The van der Waals surface area contributed by atoms with Gasteiger partial charge >= 0.3 is 12.1 Å². The van der Waals surface area contributed by atoms with E-state index in [0.29, 0.717) is 5.56 Å². The van der Waals surface area contributed by atoms with Gasteiger partial charge in [0.15, 0.2) is 0 Å². The highest BCUT2D eigenvalue weighted by molar-refractivity contribution is 8.00. The monoisotopic (exact) mass is 301 g/mol. The SMILES string of the molecule is CC(C)(C)Sc1[c]ccc(-c2noc(C(F)(F)F)n2)c1. The Morgan fingerprint density at radius 1 is 1.25 bits per heavy atom. The highest BCUT2D eigenvalue weighted by Gasteiger charge is 2.38. The lowest BCUT2D eigenvalue weighted by Crippen LogP contribution is -2.06. The molecular weight excluding hydrogens is 289 g/mol. The molecule has 0 fully saturated rings. The molecule has 1 aromatic carbocycles. The Balaban J connectivity index is 2.29. The molecule has 1 heterocycles. The van der Waals surface area contributed by atoms with Gasteiger partial charge in [0, 0.05) is 15.2 Å². The van der Waals surface area contributed by atoms with Gasteiger partial charge in [-0.25, -0.2) is 0 Å². The van der Waals surface area contributed by atoms with Crippen LogP contribution in [0.2, 0.25) is 0 Å². The Kier molecular flexibility index (Phi) is 3.82. The van der Waals surface area contributed by atoms with Crippen LogP contribution in [0.5, 0.6) is 0 Å². The number of thioether (sulfide) groups is 1. The summed E-state index contributed by atoms with van der Waals surface area (Å²) in [6.45, 7) is 6.11. The average Bonchev–Trinajstić information content (AvgIpc) is 2.75. The molecule has 0 spiro atoms. The standard InChI is InChI=1S/C13H12F3N2OS/c1-12(2,3)20-9-6-4-5-8(7-9)10-17-11(19-18-10)13(14,15)16/h4-5,7H,1-3H3. The minimum Gasteiger partial charge on any atom is -0.329 e. The van der Waals surface area contributed by atoms with Crippen LogP contribution in [0.1, 0.15) is 26.7 Å². The van der Waals surface area contributed by atoms with E-state index >= 15 is 0 Å². The molecule has 0 amide bonds. The summed E-state index contributed by atoms with van der Waals surface area (Å²) < 4.78 is 41.4. The van der Waals surface area contributed by atoms with Crippen LogP contribution in [-0.4, -0.2) is 14.9 Å². The number of hydrogen-bond acceptors (Lipinski definition) is 4. The van der Waals surface area contributed by atoms with Crippen molar-refractivity contribution in [3.05, 3.63) is 30.2 Å². The smallest absolute Gasteiger partial charge is 0.329 e. The van der Waals surface area contributed by atoms with Crippen molar-refractivity contribution in [2.45, 2.75) is 36.6 Å². The molecule has 0 bridgehead atoms. The van der Waals surface area contributed by atoms with Crippen LogP contribution in [-0.2, 0) is 6.18 Å². The van der Waals surface area contributed by atoms with Gasteiger partial charge in [0.05, 0.1) is 0 Å². The summed E-state index contributed by atoms with van der Waals surface area (Å²) in [7, 11) is 0. The number of aromatic nitrogens is 2. The Morgan fingerprint density at radius 2 is 1.95 bits per heavy atom. The molecule has 3 nitrogen and oxygen atoms in total. The number of alkyl halides is 3. The summed E-state index contributed by atoms with van der Waals surface area (Å²) in [6.07, 6.45) is -4.63. The second kappa shape index (κ2) is 5.12. The lowest BCUT2D eigenvalue weighted by Gasteiger charge is -2.17. The third-order valence-electron chi connectivity index (χ3n) is 2.12. The number of rotatable bonds is 2. The lowest BCUT2D eigenvalue weighted by molar-refractivity contribution is -0.159. The molecule has 0 aliphatic rings. The fourth-order valence-electron chi connectivity index (χ4n) is 1.43. The molecule has 1 radical (unpaired) electrons. The van der Waals surface area contributed by atoms with Gasteiger partial charge in [-0.15, -0.1) is 11.8 Å². The summed E-state index contributed by atoms with van der Waals surface area (Å²) in [5, 5.41) is 3.36. The summed E-state index contributed by atoms with van der Waals surface area (Å²) in [4.78, 5) is 4.18. The molecule has 2 aromatic rings. The predicted octanol–water partition coefficient (Wildman–Crippen LogP) is 4.45. The zero-order valence-corrected chi connectivity index (χ0v) is 11.9. The zero-order valence-electron chi connectivity index (χ0n) is 11.1. The molecule has 2 rings (SSSR count). The van der Waals surface area contributed by atoms with Crippen LogP contribution in [0.4, 0.5) is 13.2 Å². The second-order valence-electron chi connectivity index (χ2n) is 5.08. The van der Waals surface area contributed by atoms with Gasteiger partial charge in [-0.05, 0) is 12.1 Å². The van der Waals surface area contributed by atoms with Gasteiger partial charge in [-0.3, -0.25) is 0 Å². The molecule has 0 atom stereocenters. The van der Waals surface area contributed by atoms with E-state index in [1.807, 2.05) is 20.8 Å². The fourth-order valence-corrected chi connectivity index (χ4v) is 2.40. The summed E-state index contributed by atoms with van der Waals surface area (Å²) in [6, 6.07) is 7.95. The van der Waals surface area contributed by atoms with Crippen molar-refractivity contribution in [2.24, 2.45) is 0 Å². The third kappa shape index (κ3) is 3.75. The first kappa shape index (κ1) is 14.9. The first-order valence-electron chi connectivity index (χ1n) is 5.77. The highest BCUT2D eigenvalue weighted by Crippen LogP contribution is 2.34. The van der Waals surface area contributed by atoms with Crippen LogP contribution in [0.25, 0.3) is 11.4 Å². The van der Waals surface area contributed by atoms with E-state index in [1.165, 1.54) is 0 Å². The molecule has 0 unspecified atom stereocenters. The van der Waals surface area contributed by atoms with E-state index in [1.54, 1.807) is 30.0 Å². The van der Waals surface area contributed by atoms with Gasteiger partial charge in [-0.2, -0.15) is 18.2 Å². The third-order valence-corrected chi connectivity index (χ3v) is 3.19. The summed E-state index contributed by atoms with van der Waals surface area (Å²) in [5.74, 6) is -1.42. The minimum atomic E-state index is -4.63. The lowest BCUT2D eigenvalue weighted by atomic mass is 10.2. The van der Waals surface area contributed by atoms with Crippen molar-refractivity contribution in [1.29, 1.82) is 0 Å². The Hall–Kier alpha value is -1.50. The van der Waals surface area contributed by atoms with Crippen LogP contribution >= 0.6 is 11.8 Å². The van der Waals surface area contributed by atoms with Crippen molar-refractivity contribution in [3.63, 3.8) is 0 Å². The van der Waals surface area contributed by atoms with Gasteiger partial charge in [-0.1, -0.05) is 38.1 Å². The molecule has 0 aliphatic heterocycles. The zero-order chi connectivity index (χ0) is 15.0. The van der Waals surface area contributed by atoms with Crippen molar-refractivity contribution < 1.29 is 17.7 Å². The molecule has 107 valence electrons. The van der Waals surface area contributed by atoms with Gasteiger partial charge in [0.1, 0.15) is 0 Å². The Morgan fingerprint density at radius 3 is 2.50 bits per heavy atom. The molecule has 0 saturated carbocycles. The van der Waals surface area contributed by atoms with Crippen molar-refractivity contribution in [2.75, 3.05) is 0 Å². The number of benzene rings is 1.